The molecule has 0 saturated heterocycles. The van der Waals surface area contributed by atoms with Gasteiger partial charge in [-0.15, -0.1) is 0 Å². The SMILES string of the molecule is CCCOc1cc2cc(-c3c(C)nc(NCc4cc(C)cc(OC)c4)nc3NC3CCC(CO)C3)oc2cn1. The van der Waals surface area contributed by atoms with Crippen molar-refractivity contribution in [3.8, 4) is 23.0 Å². The molecule has 9 nitrogen and oxygen atoms in total. The molecule has 3 N–H and O–H groups in total. The van der Waals surface area contributed by atoms with Gasteiger partial charge in [-0.25, -0.2) is 9.97 Å². The highest BCUT2D eigenvalue weighted by Gasteiger charge is 2.27. The third kappa shape index (κ3) is 6.25. The third-order valence-electron chi connectivity index (χ3n) is 7.11. The lowest BCUT2D eigenvalue weighted by Gasteiger charge is -2.18. The zero-order valence-electron chi connectivity index (χ0n) is 23.1. The zero-order chi connectivity index (χ0) is 27.4. The van der Waals surface area contributed by atoms with E-state index in [1.807, 2.05) is 38.1 Å². The van der Waals surface area contributed by atoms with Crippen molar-refractivity contribution in [2.45, 2.75) is 59.0 Å². The maximum absolute atomic E-state index is 9.66. The number of fused-ring (bicyclic) bond motifs is 1. The molecule has 4 aromatic rings. The predicted molar refractivity (Wildman–Crippen MR) is 152 cm³/mol. The van der Waals surface area contributed by atoms with Gasteiger partial charge in [-0.2, -0.15) is 4.98 Å². The lowest BCUT2D eigenvalue weighted by Crippen LogP contribution is -2.19. The number of nitrogens with zero attached hydrogens (tertiary/aromatic N) is 3. The lowest BCUT2D eigenvalue weighted by molar-refractivity contribution is 0.229. The molecule has 1 fully saturated rings. The van der Waals surface area contributed by atoms with Gasteiger partial charge in [-0.05, 0) is 74.8 Å². The molecule has 5 rings (SSSR count). The van der Waals surface area contributed by atoms with Crippen molar-refractivity contribution in [3.05, 3.63) is 53.3 Å². The van der Waals surface area contributed by atoms with Crippen LogP contribution in [0.5, 0.6) is 11.6 Å². The summed E-state index contributed by atoms with van der Waals surface area (Å²) in [7, 11) is 1.67. The molecule has 0 radical (unpaired) electrons. The Hall–Kier alpha value is -3.85. The Morgan fingerprint density at radius 2 is 1.97 bits per heavy atom. The molecular weight excluding hydrogens is 494 g/mol. The number of anilines is 2. The number of benzene rings is 1. The molecule has 3 aromatic heterocycles. The van der Waals surface area contributed by atoms with Crippen molar-refractivity contribution >= 4 is 22.7 Å². The van der Waals surface area contributed by atoms with Crippen LogP contribution in [-0.4, -0.2) is 46.4 Å². The van der Waals surface area contributed by atoms with Crippen molar-refractivity contribution in [2.75, 3.05) is 31.0 Å². The number of aryl methyl sites for hydroxylation is 2. The monoisotopic (exact) mass is 531 g/mol. The van der Waals surface area contributed by atoms with Crippen LogP contribution in [0.25, 0.3) is 22.3 Å². The van der Waals surface area contributed by atoms with E-state index in [4.69, 9.17) is 23.9 Å². The summed E-state index contributed by atoms with van der Waals surface area (Å²) >= 11 is 0. The fraction of sp³-hybridized carbons (Fsp3) is 0.433. The predicted octanol–water partition coefficient (Wildman–Crippen LogP) is 5.88. The molecule has 1 saturated carbocycles. The second-order valence-electron chi connectivity index (χ2n) is 10.3. The summed E-state index contributed by atoms with van der Waals surface area (Å²) in [5.41, 5.74) is 4.50. The minimum absolute atomic E-state index is 0.208. The topological polar surface area (TPSA) is 115 Å². The van der Waals surface area contributed by atoms with E-state index in [1.165, 1.54) is 0 Å². The summed E-state index contributed by atoms with van der Waals surface area (Å²) in [6.07, 6.45) is 5.47. The summed E-state index contributed by atoms with van der Waals surface area (Å²) in [6, 6.07) is 10.2. The highest BCUT2D eigenvalue weighted by atomic mass is 16.5. The van der Waals surface area contributed by atoms with Crippen molar-refractivity contribution in [1.29, 1.82) is 0 Å². The Morgan fingerprint density at radius 1 is 1.10 bits per heavy atom. The number of hydrogen-bond donors (Lipinski definition) is 3. The summed E-state index contributed by atoms with van der Waals surface area (Å²) in [4.78, 5) is 14.1. The van der Waals surface area contributed by atoms with Gasteiger partial charge in [0.05, 0.1) is 31.2 Å². The number of aliphatic hydroxyl groups excluding tert-OH is 1. The minimum atomic E-state index is 0.208. The summed E-state index contributed by atoms with van der Waals surface area (Å²) < 4.78 is 17.4. The molecule has 206 valence electrons. The molecule has 0 bridgehead atoms. The minimum Gasteiger partial charge on any atom is -0.497 e. The summed E-state index contributed by atoms with van der Waals surface area (Å²) in [5.74, 6) is 3.63. The van der Waals surface area contributed by atoms with Crippen LogP contribution in [0.2, 0.25) is 0 Å². The molecule has 2 unspecified atom stereocenters. The quantitative estimate of drug-likeness (QED) is 0.218. The number of hydrogen-bond acceptors (Lipinski definition) is 9. The highest BCUT2D eigenvalue weighted by Crippen LogP contribution is 2.37. The maximum atomic E-state index is 9.66. The molecule has 0 aliphatic heterocycles. The zero-order valence-corrected chi connectivity index (χ0v) is 23.1. The Balaban J connectivity index is 1.47. The van der Waals surface area contributed by atoms with Crippen LogP contribution in [-0.2, 0) is 6.54 Å². The van der Waals surface area contributed by atoms with Crippen molar-refractivity contribution in [3.63, 3.8) is 0 Å². The van der Waals surface area contributed by atoms with Crippen LogP contribution in [0, 0.1) is 19.8 Å². The van der Waals surface area contributed by atoms with Gasteiger partial charge >= 0.3 is 0 Å². The fourth-order valence-electron chi connectivity index (χ4n) is 5.18. The van der Waals surface area contributed by atoms with Gasteiger partial charge in [-0.3, -0.25) is 0 Å². The molecule has 9 heteroatoms. The Kier molecular flexibility index (Phi) is 8.16. The van der Waals surface area contributed by atoms with Gasteiger partial charge in [0.25, 0.3) is 0 Å². The van der Waals surface area contributed by atoms with Crippen molar-refractivity contribution < 1.29 is 19.0 Å². The number of pyridine rings is 1. The molecule has 1 aromatic carbocycles. The number of aromatic nitrogens is 3. The maximum Gasteiger partial charge on any atom is 0.225 e. The van der Waals surface area contributed by atoms with E-state index in [1.54, 1.807) is 13.3 Å². The molecule has 3 heterocycles. The number of furan rings is 1. The normalized spacial score (nSPS) is 16.9. The van der Waals surface area contributed by atoms with E-state index in [2.05, 4.69) is 28.6 Å². The number of methoxy groups -OCH3 is 1. The van der Waals surface area contributed by atoms with Crippen molar-refractivity contribution in [2.24, 2.45) is 5.92 Å². The Labute approximate surface area is 229 Å². The average Bonchev–Trinajstić information content (AvgIpc) is 3.56. The third-order valence-corrected chi connectivity index (χ3v) is 7.11. The van der Waals surface area contributed by atoms with Crippen LogP contribution in [0.1, 0.15) is 49.4 Å². The second kappa shape index (κ2) is 11.9. The van der Waals surface area contributed by atoms with Gasteiger partial charge in [0, 0.05) is 30.6 Å². The first kappa shape index (κ1) is 26.7. The average molecular weight is 532 g/mol. The first-order chi connectivity index (χ1) is 18.9. The lowest BCUT2D eigenvalue weighted by atomic mass is 10.1. The molecule has 1 aliphatic rings. The Morgan fingerprint density at radius 3 is 2.74 bits per heavy atom. The van der Waals surface area contributed by atoms with Crippen LogP contribution < -0.4 is 20.1 Å². The van der Waals surface area contributed by atoms with Crippen LogP contribution in [0.3, 0.4) is 0 Å². The van der Waals surface area contributed by atoms with E-state index in [0.717, 1.165) is 59.2 Å². The highest BCUT2D eigenvalue weighted by molar-refractivity contribution is 5.86. The van der Waals surface area contributed by atoms with Gasteiger partial charge in [-0.1, -0.05) is 13.0 Å². The van der Waals surface area contributed by atoms with Crippen LogP contribution >= 0.6 is 0 Å². The fourth-order valence-corrected chi connectivity index (χ4v) is 5.18. The molecule has 0 spiro atoms. The molecule has 2 atom stereocenters. The smallest absolute Gasteiger partial charge is 0.225 e. The van der Waals surface area contributed by atoms with E-state index in [0.29, 0.717) is 48.1 Å². The van der Waals surface area contributed by atoms with E-state index < -0.39 is 0 Å². The molecule has 1 aliphatic carbocycles. The largest absolute Gasteiger partial charge is 0.497 e. The van der Waals surface area contributed by atoms with Crippen LogP contribution in [0.15, 0.2) is 40.9 Å². The van der Waals surface area contributed by atoms with Gasteiger partial charge in [0.1, 0.15) is 17.3 Å². The van der Waals surface area contributed by atoms with E-state index >= 15 is 0 Å². The second-order valence-corrected chi connectivity index (χ2v) is 10.3. The van der Waals surface area contributed by atoms with Gasteiger partial charge in [0.15, 0.2) is 5.58 Å². The number of aliphatic hydroxyl groups is 1. The van der Waals surface area contributed by atoms with Crippen molar-refractivity contribution in [1.82, 2.24) is 15.0 Å². The molecular formula is C30H37N5O4. The van der Waals surface area contributed by atoms with E-state index in [-0.39, 0.29) is 12.6 Å². The van der Waals surface area contributed by atoms with E-state index in [9.17, 15) is 5.11 Å². The molecule has 0 amide bonds. The number of nitrogens with one attached hydrogen (secondary N) is 2. The van der Waals surface area contributed by atoms with Crippen LogP contribution in [0.4, 0.5) is 11.8 Å². The first-order valence-electron chi connectivity index (χ1n) is 13.6. The van der Waals surface area contributed by atoms with Gasteiger partial charge < -0.3 is 29.6 Å². The van der Waals surface area contributed by atoms with Gasteiger partial charge in [0.2, 0.25) is 11.8 Å². The summed E-state index contributed by atoms with van der Waals surface area (Å²) in [5, 5.41) is 17.6. The number of rotatable bonds is 11. The molecule has 39 heavy (non-hydrogen) atoms. The standard InChI is InChI=1S/C30H37N5O4/c1-5-8-38-27-14-22-13-25(39-26(22)16-31-27)28-19(3)33-30(32-15-21-9-18(2)10-24(12-21)37-4)35-29(28)34-23-7-6-20(11-23)17-36/h9-10,12-14,16,20,23,36H,5-8,11,15,17H2,1-4H3,(H2,32,33,34,35). The Bertz CT molecular complexity index is 1440. The summed E-state index contributed by atoms with van der Waals surface area (Å²) in [6.45, 7) is 7.46. The number of ether oxygens (including phenoxy) is 2. The first-order valence-corrected chi connectivity index (χ1v) is 13.6.